The first kappa shape index (κ1) is 14.3. The highest BCUT2D eigenvalue weighted by molar-refractivity contribution is 6.34. The first-order chi connectivity index (χ1) is 10.2. The Balaban J connectivity index is 1.97. The number of carbonyl (C=O) groups is 1. The smallest absolute Gasteiger partial charge is 0.253 e. The topological polar surface area (TPSA) is 62.2 Å². The lowest BCUT2D eigenvalue weighted by Gasteiger charge is -2.28. The summed E-state index contributed by atoms with van der Waals surface area (Å²) in [4.78, 5) is 16.7. The third-order valence-electron chi connectivity index (χ3n) is 4.23. The van der Waals surface area contributed by atoms with Gasteiger partial charge in [-0.05, 0) is 18.2 Å². The van der Waals surface area contributed by atoms with Crippen LogP contribution >= 0.6 is 11.6 Å². The van der Waals surface area contributed by atoms with Crippen LogP contribution in [0.15, 0.2) is 30.5 Å². The first-order valence-electron chi connectivity index (χ1n) is 7.12. The second-order valence-corrected chi connectivity index (χ2v) is 5.97. The molecule has 4 nitrogen and oxygen atoms in total. The molecular weight excluding hydrogens is 288 g/mol. The molecule has 0 saturated heterocycles. The minimum atomic E-state index is -0.488. The van der Waals surface area contributed by atoms with E-state index in [1.807, 2.05) is 24.3 Å². The van der Waals surface area contributed by atoms with Gasteiger partial charge >= 0.3 is 0 Å². The van der Waals surface area contributed by atoms with Gasteiger partial charge in [0.25, 0.3) is 5.91 Å². The number of rotatable bonds is 3. The molecule has 1 aromatic heterocycles. The van der Waals surface area contributed by atoms with Crippen LogP contribution in [-0.2, 0) is 0 Å². The Morgan fingerprint density at radius 3 is 2.62 bits per heavy atom. The number of pyridine rings is 1. The summed E-state index contributed by atoms with van der Waals surface area (Å²) >= 11 is 6.08. The lowest BCUT2D eigenvalue weighted by Crippen LogP contribution is -2.49. The lowest BCUT2D eigenvalue weighted by molar-refractivity contribution is 0.0840. The fourth-order valence-corrected chi connectivity index (χ4v) is 3.24. The Bertz CT molecular complexity index is 681. The molecule has 0 aliphatic heterocycles. The van der Waals surface area contributed by atoms with Crippen LogP contribution < -0.4 is 5.32 Å². The van der Waals surface area contributed by atoms with E-state index in [1.165, 1.54) is 6.20 Å². The third kappa shape index (κ3) is 2.61. The number of aliphatic hydroxyl groups is 1. The first-order valence-corrected chi connectivity index (χ1v) is 7.50. The molecule has 0 spiro atoms. The molecule has 110 valence electrons. The van der Waals surface area contributed by atoms with Crippen LogP contribution in [0.1, 0.15) is 36.0 Å². The van der Waals surface area contributed by atoms with E-state index in [4.69, 9.17) is 11.6 Å². The molecule has 1 aliphatic carbocycles. The number of nitrogens with one attached hydrogen (secondary N) is 1. The second-order valence-electron chi connectivity index (χ2n) is 5.61. The molecule has 2 aromatic rings. The van der Waals surface area contributed by atoms with Gasteiger partial charge in [-0.2, -0.15) is 0 Å². The molecule has 0 bridgehead atoms. The van der Waals surface area contributed by atoms with Crippen LogP contribution in [0.25, 0.3) is 10.8 Å². The maximum Gasteiger partial charge on any atom is 0.253 e. The van der Waals surface area contributed by atoms with Crippen LogP contribution in [0.3, 0.4) is 0 Å². The number of nitrogens with zero attached hydrogens (tertiary/aromatic N) is 1. The number of halogens is 1. The maximum absolute atomic E-state index is 12.6. The highest BCUT2D eigenvalue weighted by atomic mass is 35.5. The fraction of sp³-hybridized carbons (Fsp3) is 0.375. The van der Waals surface area contributed by atoms with E-state index >= 15 is 0 Å². The van der Waals surface area contributed by atoms with Crippen molar-refractivity contribution >= 4 is 28.3 Å². The van der Waals surface area contributed by atoms with Crippen molar-refractivity contribution in [3.63, 3.8) is 0 Å². The summed E-state index contributed by atoms with van der Waals surface area (Å²) in [7, 11) is 0. The number of carbonyl (C=O) groups excluding carboxylic acids is 1. The number of aliphatic hydroxyl groups excluding tert-OH is 1. The molecule has 21 heavy (non-hydrogen) atoms. The van der Waals surface area contributed by atoms with E-state index in [2.05, 4.69) is 10.3 Å². The summed E-state index contributed by atoms with van der Waals surface area (Å²) in [5, 5.41) is 14.5. The summed E-state index contributed by atoms with van der Waals surface area (Å²) in [5.74, 6) is -0.202. The SMILES string of the molecule is O=C(NC1(CO)CCCC1)c1cnc(Cl)c2ccccc12. The summed E-state index contributed by atoms with van der Waals surface area (Å²) in [6.07, 6.45) is 5.18. The number of hydrogen-bond donors (Lipinski definition) is 2. The monoisotopic (exact) mass is 304 g/mol. The van der Waals surface area contributed by atoms with Gasteiger partial charge in [-0.25, -0.2) is 4.98 Å². The predicted molar refractivity (Wildman–Crippen MR) is 82.5 cm³/mol. The van der Waals surface area contributed by atoms with Crippen molar-refractivity contribution in [1.29, 1.82) is 0 Å². The van der Waals surface area contributed by atoms with Crippen molar-refractivity contribution in [3.8, 4) is 0 Å². The highest BCUT2D eigenvalue weighted by Crippen LogP contribution is 2.30. The van der Waals surface area contributed by atoms with Crippen molar-refractivity contribution in [2.24, 2.45) is 0 Å². The summed E-state index contributed by atoms with van der Waals surface area (Å²) in [6.45, 7) is -0.0301. The third-order valence-corrected chi connectivity index (χ3v) is 4.53. The van der Waals surface area contributed by atoms with Crippen molar-refractivity contribution in [2.75, 3.05) is 6.61 Å². The van der Waals surface area contributed by atoms with Gasteiger partial charge in [0, 0.05) is 11.6 Å². The summed E-state index contributed by atoms with van der Waals surface area (Å²) in [6, 6.07) is 7.44. The van der Waals surface area contributed by atoms with Crippen LogP contribution in [0.4, 0.5) is 0 Å². The van der Waals surface area contributed by atoms with E-state index in [9.17, 15) is 9.90 Å². The molecule has 3 rings (SSSR count). The van der Waals surface area contributed by atoms with Gasteiger partial charge in [-0.15, -0.1) is 0 Å². The molecule has 1 saturated carbocycles. The number of fused-ring (bicyclic) bond motifs is 1. The Morgan fingerprint density at radius 1 is 1.29 bits per heavy atom. The van der Waals surface area contributed by atoms with E-state index in [0.29, 0.717) is 10.7 Å². The predicted octanol–water partition coefficient (Wildman–Crippen LogP) is 2.92. The van der Waals surface area contributed by atoms with E-state index in [1.54, 1.807) is 0 Å². The molecule has 1 heterocycles. The molecule has 2 N–H and O–H groups in total. The molecule has 0 unspecified atom stereocenters. The zero-order chi connectivity index (χ0) is 14.9. The molecule has 0 radical (unpaired) electrons. The van der Waals surface area contributed by atoms with Crippen molar-refractivity contribution in [1.82, 2.24) is 10.3 Å². The van der Waals surface area contributed by atoms with Crippen LogP contribution in [0, 0.1) is 0 Å². The minimum absolute atomic E-state index is 0.0301. The molecule has 5 heteroatoms. The fourth-order valence-electron chi connectivity index (χ4n) is 3.02. The minimum Gasteiger partial charge on any atom is -0.394 e. The number of aromatic nitrogens is 1. The Hall–Kier alpha value is -1.65. The van der Waals surface area contributed by atoms with Crippen molar-refractivity contribution in [2.45, 2.75) is 31.2 Å². The molecular formula is C16H17ClN2O2. The number of benzene rings is 1. The second kappa shape index (κ2) is 5.62. The zero-order valence-corrected chi connectivity index (χ0v) is 12.4. The van der Waals surface area contributed by atoms with Gasteiger partial charge in [0.05, 0.1) is 17.7 Å². The molecule has 1 aliphatic rings. The van der Waals surface area contributed by atoms with Gasteiger partial charge in [0.15, 0.2) is 0 Å². The molecule has 1 aromatic carbocycles. The molecule has 1 fully saturated rings. The standard InChI is InChI=1S/C16H17ClN2O2/c17-14-12-6-2-1-5-11(12)13(9-18-14)15(21)19-16(10-20)7-3-4-8-16/h1-2,5-6,9,20H,3-4,7-8,10H2,(H,19,21). The highest BCUT2D eigenvalue weighted by Gasteiger charge is 2.35. The number of amides is 1. The average Bonchev–Trinajstić information content (AvgIpc) is 2.97. The van der Waals surface area contributed by atoms with Gasteiger partial charge in [0.1, 0.15) is 5.15 Å². The van der Waals surface area contributed by atoms with E-state index < -0.39 is 5.54 Å². The summed E-state index contributed by atoms with van der Waals surface area (Å²) in [5.41, 5.74) is 0.00685. The van der Waals surface area contributed by atoms with Crippen LogP contribution in [0.2, 0.25) is 5.15 Å². The Kier molecular flexibility index (Phi) is 3.83. The lowest BCUT2D eigenvalue weighted by atomic mass is 9.97. The number of hydrogen-bond acceptors (Lipinski definition) is 3. The average molecular weight is 305 g/mol. The zero-order valence-electron chi connectivity index (χ0n) is 11.6. The van der Waals surface area contributed by atoms with Crippen LogP contribution in [-0.4, -0.2) is 28.1 Å². The van der Waals surface area contributed by atoms with Crippen molar-refractivity contribution < 1.29 is 9.90 Å². The maximum atomic E-state index is 12.6. The normalized spacial score (nSPS) is 17.0. The molecule has 0 atom stereocenters. The van der Waals surface area contributed by atoms with Gasteiger partial charge in [-0.3, -0.25) is 4.79 Å². The van der Waals surface area contributed by atoms with Gasteiger partial charge < -0.3 is 10.4 Å². The van der Waals surface area contributed by atoms with Gasteiger partial charge in [0.2, 0.25) is 0 Å². The Morgan fingerprint density at radius 2 is 1.95 bits per heavy atom. The quantitative estimate of drug-likeness (QED) is 0.857. The largest absolute Gasteiger partial charge is 0.394 e. The van der Waals surface area contributed by atoms with Crippen LogP contribution in [0.5, 0.6) is 0 Å². The van der Waals surface area contributed by atoms with E-state index in [-0.39, 0.29) is 12.5 Å². The summed E-state index contributed by atoms with van der Waals surface area (Å²) < 4.78 is 0. The van der Waals surface area contributed by atoms with E-state index in [0.717, 1.165) is 36.5 Å². The van der Waals surface area contributed by atoms with Crippen molar-refractivity contribution in [3.05, 3.63) is 41.2 Å². The Labute approximate surface area is 128 Å². The van der Waals surface area contributed by atoms with Gasteiger partial charge in [-0.1, -0.05) is 48.7 Å². The molecule has 1 amide bonds.